The van der Waals surface area contributed by atoms with Crippen LogP contribution in [0.2, 0.25) is 5.02 Å². The monoisotopic (exact) mass is 316 g/mol. The molecule has 1 rings (SSSR count). The molecule has 2 N–H and O–H groups in total. The average molecular weight is 318 g/mol. The lowest BCUT2D eigenvalue weighted by Gasteiger charge is -2.19. The molecule has 1 aromatic rings. The van der Waals surface area contributed by atoms with Gasteiger partial charge in [0.15, 0.2) is 0 Å². The van der Waals surface area contributed by atoms with Crippen LogP contribution in [0.1, 0.15) is 6.92 Å². The first-order valence-electron chi connectivity index (χ1n) is 4.67. The summed E-state index contributed by atoms with van der Waals surface area (Å²) in [6.45, 7) is 8.23. The van der Waals surface area contributed by atoms with Crippen LogP contribution >= 0.6 is 27.5 Å². The molecule has 0 unspecified atom stereocenters. The van der Waals surface area contributed by atoms with Gasteiger partial charge in [0.25, 0.3) is 5.91 Å². The van der Waals surface area contributed by atoms with E-state index in [1.54, 1.807) is 6.07 Å². The molecule has 0 aliphatic heterocycles. The lowest BCUT2D eigenvalue weighted by Crippen LogP contribution is -2.41. The van der Waals surface area contributed by atoms with Gasteiger partial charge in [-0.15, -0.1) is 0 Å². The summed E-state index contributed by atoms with van der Waals surface area (Å²) in [5.41, 5.74) is -0.740. The summed E-state index contributed by atoms with van der Waals surface area (Å²) >= 11 is 8.87. The quantitative estimate of drug-likeness (QED) is 0.665. The van der Waals surface area contributed by atoms with E-state index in [4.69, 9.17) is 18.2 Å². The summed E-state index contributed by atoms with van der Waals surface area (Å²) in [6.07, 6.45) is 0. The van der Waals surface area contributed by atoms with Crippen molar-refractivity contribution in [1.82, 2.24) is 0 Å². The molecule has 0 radical (unpaired) electrons. The van der Waals surface area contributed by atoms with Crippen molar-refractivity contribution >= 4 is 44.8 Å². The molecule has 1 amide bonds. The first-order chi connectivity index (χ1) is 7.90. The maximum absolute atomic E-state index is 11.6. The normalized spacial score (nSPS) is 13.6. The van der Waals surface area contributed by atoms with Gasteiger partial charge >= 0.3 is 0 Å². The maximum atomic E-state index is 11.6. The molecule has 0 saturated carbocycles. The van der Waals surface area contributed by atoms with Crippen molar-refractivity contribution in [3.05, 3.63) is 34.6 Å². The first-order valence-corrected chi connectivity index (χ1v) is 6.17. The summed E-state index contributed by atoms with van der Waals surface area (Å²) in [5, 5.41) is 12.6. The van der Waals surface area contributed by atoms with Gasteiger partial charge in [-0.1, -0.05) is 33.6 Å². The molecule has 90 valence electrons. The Morgan fingerprint density at radius 3 is 2.82 bits per heavy atom. The van der Waals surface area contributed by atoms with E-state index in [0.717, 1.165) is 0 Å². The van der Waals surface area contributed by atoms with E-state index < -0.39 is 11.5 Å². The predicted molar refractivity (Wildman–Crippen MR) is 70.8 cm³/mol. The van der Waals surface area contributed by atoms with Crippen LogP contribution in [-0.4, -0.2) is 21.9 Å². The Kier molecular flexibility index (Phi) is 4.52. The fourth-order valence-corrected chi connectivity index (χ4v) is 1.48. The van der Waals surface area contributed by atoms with Crippen molar-refractivity contribution in [3.8, 4) is 0 Å². The highest BCUT2D eigenvalue weighted by molar-refractivity contribution is 9.09. The largest absolute Gasteiger partial charge is 0.379 e. The molecular weight excluding hydrogens is 307 g/mol. The SMILES string of the molecule is [C-]#[N+]c1ccc(NC(=O)[C@@](C)(O)CBr)cc1Cl. The lowest BCUT2D eigenvalue weighted by molar-refractivity contribution is -0.130. The Balaban J connectivity index is 2.88. The van der Waals surface area contributed by atoms with E-state index in [-0.39, 0.29) is 10.4 Å². The van der Waals surface area contributed by atoms with Crippen LogP contribution < -0.4 is 5.32 Å². The second kappa shape index (κ2) is 5.50. The Bertz CT molecular complexity index is 483. The van der Waals surface area contributed by atoms with Crippen LogP contribution in [0.15, 0.2) is 18.2 Å². The van der Waals surface area contributed by atoms with Crippen molar-refractivity contribution in [2.75, 3.05) is 10.6 Å². The molecule has 1 aromatic carbocycles. The number of nitrogens with one attached hydrogen (secondary N) is 1. The van der Waals surface area contributed by atoms with Crippen LogP contribution in [0.25, 0.3) is 4.85 Å². The molecule has 0 heterocycles. The summed E-state index contributed by atoms with van der Waals surface area (Å²) in [5.74, 6) is -0.541. The second-order valence-corrected chi connectivity index (χ2v) is 4.61. The van der Waals surface area contributed by atoms with Crippen LogP contribution in [0.4, 0.5) is 11.4 Å². The first kappa shape index (κ1) is 14.0. The smallest absolute Gasteiger partial charge is 0.256 e. The third-order valence-electron chi connectivity index (χ3n) is 2.08. The Morgan fingerprint density at radius 1 is 1.71 bits per heavy atom. The van der Waals surface area contributed by atoms with Gasteiger partial charge in [-0.05, 0) is 19.1 Å². The van der Waals surface area contributed by atoms with E-state index in [2.05, 4.69) is 26.1 Å². The number of hydrogen-bond acceptors (Lipinski definition) is 2. The molecule has 17 heavy (non-hydrogen) atoms. The van der Waals surface area contributed by atoms with Gasteiger partial charge < -0.3 is 10.4 Å². The van der Waals surface area contributed by atoms with Crippen LogP contribution in [-0.2, 0) is 4.79 Å². The number of carbonyl (C=O) groups is 1. The minimum Gasteiger partial charge on any atom is -0.379 e. The van der Waals surface area contributed by atoms with Crippen LogP contribution in [0.3, 0.4) is 0 Å². The Morgan fingerprint density at radius 2 is 2.35 bits per heavy atom. The third kappa shape index (κ3) is 3.43. The highest BCUT2D eigenvalue weighted by Crippen LogP contribution is 2.28. The van der Waals surface area contributed by atoms with Crippen LogP contribution in [0.5, 0.6) is 0 Å². The van der Waals surface area contributed by atoms with E-state index >= 15 is 0 Å². The Hall–Kier alpha value is -1.09. The summed E-state index contributed by atoms with van der Waals surface area (Å²) in [6, 6.07) is 4.53. The number of hydrogen-bond donors (Lipinski definition) is 2. The second-order valence-electron chi connectivity index (χ2n) is 3.64. The molecular formula is C11H10BrClN2O2. The van der Waals surface area contributed by atoms with Crippen molar-refractivity contribution in [2.45, 2.75) is 12.5 Å². The molecule has 6 heteroatoms. The maximum Gasteiger partial charge on any atom is 0.256 e. The van der Waals surface area contributed by atoms with Gasteiger partial charge in [0.05, 0.1) is 6.57 Å². The van der Waals surface area contributed by atoms with E-state index in [0.29, 0.717) is 11.4 Å². The average Bonchev–Trinajstić information content (AvgIpc) is 2.29. The highest BCUT2D eigenvalue weighted by atomic mass is 79.9. The molecule has 0 fully saturated rings. The van der Waals surface area contributed by atoms with E-state index in [1.807, 2.05) is 0 Å². The molecule has 0 spiro atoms. The van der Waals surface area contributed by atoms with Gasteiger partial charge in [-0.25, -0.2) is 4.85 Å². The number of halogens is 2. The fraction of sp³-hybridized carbons (Fsp3) is 0.273. The molecule has 1 atom stereocenters. The van der Waals surface area contributed by atoms with Crippen molar-refractivity contribution in [1.29, 1.82) is 0 Å². The third-order valence-corrected chi connectivity index (χ3v) is 3.47. The predicted octanol–water partition coefficient (Wildman–Crippen LogP) is 2.98. The summed E-state index contributed by atoms with van der Waals surface area (Å²) in [7, 11) is 0. The zero-order valence-electron chi connectivity index (χ0n) is 9.00. The van der Waals surface area contributed by atoms with E-state index in [9.17, 15) is 9.90 Å². The number of amides is 1. The molecule has 0 saturated heterocycles. The summed E-state index contributed by atoms with van der Waals surface area (Å²) < 4.78 is 0. The molecule has 0 bridgehead atoms. The number of carbonyl (C=O) groups excluding carboxylic acids is 1. The zero-order valence-corrected chi connectivity index (χ0v) is 11.3. The van der Waals surface area contributed by atoms with Crippen molar-refractivity contribution in [3.63, 3.8) is 0 Å². The van der Waals surface area contributed by atoms with Gasteiger partial charge in [-0.3, -0.25) is 4.79 Å². The molecule has 0 aliphatic rings. The molecule has 4 nitrogen and oxygen atoms in total. The molecule has 0 aliphatic carbocycles. The van der Waals surface area contributed by atoms with Gasteiger partial charge in [0, 0.05) is 16.0 Å². The number of anilines is 1. The number of benzene rings is 1. The number of rotatable bonds is 3. The highest BCUT2D eigenvalue weighted by Gasteiger charge is 2.28. The minimum atomic E-state index is -1.50. The standard InChI is InChI=1S/C11H10BrClN2O2/c1-11(17,6-12)10(16)15-7-3-4-9(14-2)8(13)5-7/h3-5,17H,6H2,1H3,(H,15,16)/t11-/m0/s1. The van der Waals surface area contributed by atoms with Crippen molar-refractivity contribution < 1.29 is 9.90 Å². The van der Waals surface area contributed by atoms with Crippen molar-refractivity contribution in [2.24, 2.45) is 0 Å². The zero-order chi connectivity index (χ0) is 13.1. The number of aliphatic hydroxyl groups is 1. The van der Waals surface area contributed by atoms with E-state index in [1.165, 1.54) is 19.1 Å². The fourth-order valence-electron chi connectivity index (χ4n) is 1.00. The topological polar surface area (TPSA) is 53.7 Å². The molecule has 0 aromatic heterocycles. The van der Waals surface area contributed by atoms with Crippen LogP contribution in [0, 0.1) is 6.57 Å². The lowest BCUT2D eigenvalue weighted by atomic mass is 10.1. The summed E-state index contributed by atoms with van der Waals surface area (Å²) in [4.78, 5) is 14.8. The Labute approximate surface area is 113 Å². The van der Waals surface area contributed by atoms with Gasteiger partial charge in [0.1, 0.15) is 5.60 Å². The minimum absolute atomic E-state index is 0.125. The van der Waals surface area contributed by atoms with Gasteiger partial charge in [0.2, 0.25) is 5.69 Å². The van der Waals surface area contributed by atoms with Gasteiger partial charge in [-0.2, -0.15) is 0 Å². The number of nitrogens with zero attached hydrogens (tertiary/aromatic N) is 1. The number of alkyl halides is 1.